The fourth-order valence-corrected chi connectivity index (χ4v) is 3.84. The van der Waals surface area contributed by atoms with Gasteiger partial charge in [-0.2, -0.15) is 0 Å². The van der Waals surface area contributed by atoms with Crippen LogP contribution in [0.15, 0.2) is 60.9 Å². The van der Waals surface area contributed by atoms with E-state index in [4.69, 9.17) is 25.8 Å². The molecular weight excluding hydrogens is 464 g/mol. The normalized spacial score (nSPS) is 10.5. The van der Waals surface area contributed by atoms with E-state index in [-0.39, 0.29) is 0 Å². The number of carbonyl (C=O) groups excluding carboxylic acids is 1. The van der Waals surface area contributed by atoms with Crippen molar-refractivity contribution in [1.82, 2.24) is 15.2 Å². The summed E-state index contributed by atoms with van der Waals surface area (Å²) < 4.78 is 16.6. The van der Waals surface area contributed by atoms with Gasteiger partial charge in [-0.15, -0.1) is 5.10 Å². The van der Waals surface area contributed by atoms with Gasteiger partial charge in [0.05, 0.1) is 25.3 Å². The van der Waals surface area contributed by atoms with Crippen molar-refractivity contribution in [1.29, 1.82) is 0 Å². The summed E-state index contributed by atoms with van der Waals surface area (Å²) in [5.74, 6) is 0.748. The number of benzene rings is 2. The van der Waals surface area contributed by atoms with Crippen molar-refractivity contribution < 1.29 is 19.0 Å². The minimum absolute atomic E-state index is 0.299. The zero-order valence-electron chi connectivity index (χ0n) is 17.7. The lowest BCUT2D eigenvalue weighted by Gasteiger charge is -2.15. The van der Waals surface area contributed by atoms with Crippen molar-refractivity contribution in [2.24, 2.45) is 0 Å². The van der Waals surface area contributed by atoms with Crippen molar-refractivity contribution >= 4 is 34.0 Å². The van der Waals surface area contributed by atoms with Crippen molar-refractivity contribution in [3.63, 3.8) is 0 Å². The van der Waals surface area contributed by atoms with Crippen molar-refractivity contribution in [3.05, 3.63) is 77.1 Å². The second-order valence-electron chi connectivity index (χ2n) is 6.70. The van der Waals surface area contributed by atoms with E-state index in [1.54, 1.807) is 50.7 Å². The minimum Gasteiger partial charge on any atom is -0.496 e. The molecule has 33 heavy (non-hydrogen) atoms. The molecule has 2 aromatic carbocycles. The molecule has 0 aliphatic rings. The third-order valence-corrected chi connectivity index (χ3v) is 5.67. The SMILES string of the molecule is COc1cccc(OC)c1-c1ccncc1C(=O)Nc1nnc(OCc2ccc(Cl)cc2)s1. The molecule has 0 fully saturated rings. The fraction of sp³-hybridized carbons (Fsp3) is 0.130. The third-order valence-electron chi connectivity index (χ3n) is 4.67. The Hall–Kier alpha value is -3.69. The summed E-state index contributed by atoms with van der Waals surface area (Å²) in [6.07, 6.45) is 3.08. The highest BCUT2D eigenvalue weighted by Crippen LogP contribution is 2.39. The van der Waals surface area contributed by atoms with Crippen LogP contribution in [0.25, 0.3) is 11.1 Å². The Bertz CT molecular complexity index is 1240. The Labute approximate surface area is 199 Å². The Morgan fingerprint density at radius 2 is 1.76 bits per heavy atom. The number of aromatic nitrogens is 3. The van der Waals surface area contributed by atoms with Gasteiger partial charge in [0.25, 0.3) is 11.1 Å². The smallest absolute Gasteiger partial charge is 0.296 e. The zero-order chi connectivity index (χ0) is 23.2. The van der Waals surface area contributed by atoms with Crippen molar-refractivity contribution in [3.8, 4) is 27.8 Å². The number of carbonyl (C=O) groups is 1. The van der Waals surface area contributed by atoms with Crippen LogP contribution in [-0.2, 0) is 6.61 Å². The van der Waals surface area contributed by atoms with E-state index in [0.717, 1.165) is 16.9 Å². The molecule has 4 aromatic rings. The summed E-state index contributed by atoms with van der Waals surface area (Å²) in [6.45, 7) is 0.306. The monoisotopic (exact) mass is 482 g/mol. The number of hydrogen-bond acceptors (Lipinski definition) is 8. The molecule has 1 N–H and O–H groups in total. The van der Waals surface area contributed by atoms with Gasteiger partial charge in [0.15, 0.2) is 0 Å². The predicted molar refractivity (Wildman–Crippen MR) is 126 cm³/mol. The highest BCUT2D eigenvalue weighted by Gasteiger charge is 2.21. The third kappa shape index (κ3) is 5.21. The first-order valence-electron chi connectivity index (χ1n) is 9.76. The number of ether oxygens (including phenoxy) is 3. The summed E-state index contributed by atoms with van der Waals surface area (Å²) in [6, 6.07) is 14.4. The number of hydrogen-bond donors (Lipinski definition) is 1. The largest absolute Gasteiger partial charge is 0.496 e. The average Bonchev–Trinajstić information content (AvgIpc) is 3.30. The maximum atomic E-state index is 13.1. The van der Waals surface area contributed by atoms with Crippen LogP contribution in [0.2, 0.25) is 5.02 Å². The van der Waals surface area contributed by atoms with Gasteiger partial charge >= 0.3 is 0 Å². The molecule has 0 radical (unpaired) electrons. The molecule has 0 atom stereocenters. The molecule has 0 bridgehead atoms. The molecule has 168 valence electrons. The van der Waals surface area contributed by atoms with Crippen LogP contribution in [0.3, 0.4) is 0 Å². The Morgan fingerprint density at radius 1 is 1.03 bits per heavy atom. The molecule has 0 unspecified atom stereocenters. The Morgan fingerprint density at radius 3 is 2.45 bits per heavy atom. The number of rotatable bonds is 8. The first kappa shape index (κ1) is 22.5. The van der Waals surface area contributed by atoms with E-state index in [9.17, 15) is 4.79 Å². The highest BCUT2D eigenvalue weighted by molar-refractivity contribution is 7.17. The first-order chi connectivity index (χ1) is 16.1. The van der Waals surface area contributed by atoms with Gasteiger partial charge in [-0.05, 0) is 47.2 Å². The molecular formula is C23H19ClN4O4S. The molecule has 1 amide bonds. The van der Waals surface area contributed by atoms with Gasteiger partial charge in [-0.25, -0.2) is 0 Å². The lowest BCUT2D eigenvalue weighted by atomic mass is 9.99. The number of anilines is 1. The topological polar surface area (TPSA) is 95.5 Å². The average molecular weight is 483 g/mol. The molecule has 2 heterocycles. The summed E-state index contributed by atoms with van der Waals surface area (Å²) >= 11 is 7.02. The van der Waals surface area contributed by atoms with Crippen LogP contribution in [0.1, 0.15) is 15.9 Å². The summed E-state index contributed by atoms with van der Waals surface area (Å²) in [5.41, 5.74) is 2.53. The lowest BCUT2D eigenvalue weighted by molar-refractivity contribution is 0.102. The molecule has 0 saturated carbocycles. The second-order valence-corrected chi connectivity index (χ2v) is 8.08. The quantitative estimate of drug-likeness (QED) is 0.373. The standard InChI is InChI=1S/C23H19ClN4O4S/c1-30-18-4-3-5-19(31-2)20(18)16-10-11-25-12-17(16)21(29)26-22-27-28-23(33-22)32-13-14-6-8-15(24)9-7-14/h3-12H,13H2,1-2H3,(H,26,27,29). The van der Waals surface area contributed by atoms with Crippen molar-refractivity contribution in [2.45, 2.75) is 6.61 Å². The first-order valence-corrected chi connectivity index (χ1v) is 11.0. The van der Waals surface area contributed by atoms with Gasteiger partial charge in [0.1, 0.15) is 18.1 Å². The lowest BCUT2D eigenvalue weighted by Crippen LogP contribution is -2.13. The molecule has 0 aliphatic carbocycles. The number of pyridine rings is 1. The maximum Gasteiger partial charge on any atom is 0.296 e. The van der Waals surface area contributed by atoms with E-state index >= 15 is 0 Å². The predicted octanol–water partition coefficient (Wildman–Crippen LogP) is 5.10. The minimum atomic E-state index is -0.397. The van der Waals surface area contributed by atoms with E-state index in [2.05, 4.69) is 20.5 Å². The second kappa shape index (κ2) is 10.3. The summed E-state index contributed by atoms with van der Waals surface area (Å²) in [5, 5.41) is 12.0. The summed E-state index contributed by atoms with van der Waals surface area (Å²) in [4.78, 5) is 17.2. The highest BCUT2D eigenvalue weighted by atomic mass is 35.5. The Balaban J connectivity index is 1.52. The van der Waals surface area contributed by atoms with Gasteiger partial charge in [0.2, 0.25) is 5.13 Å². The van der Waals surface area contributed by atoms with E-state index in [1.807, 2.05) is 18.2 Å². The van der Waals surface area contributed by atoms with E-state index in [0.29, 0.717) is 50.1 Å². The molecule has 0 aliphatic heterocycles. The van der Waals surface area contributed by atoms with Crippen LogP contribution < -0.4 is 19.5 Å². The Kier molecular flexibility index (Phi) is 7.01. The number of nitrogens with one attached hydrogen (secondary N) is 1. The number of halogens is 1. The molecule has 10 heteroatoms. The van der Waals surface area contributed by atoms with Crippen molar-refractivity contribution in [2.75, 3.05) is 19.5 Å². The summed E-state index contributed by atoms with van der Waals surface area (Å²) in [7, 11) is 3.12. The van der Waals surface area contributed by atoms with Gasteiger partial charge < -0.3 is 14.2 Å². The van der Waals surface area contributed by atoms with Crippen LogP contribution in [0, 0.1) is 0 Å². The van der Waals surface area contributed by atoms with Crippen LogP contribution in [0.4, 0.5) is 5.13 Å². The van der Waals surface area contributed by atoms with E-state index in [1.165, 1.54) is 6.20 Å². The van der Waals surface area contributed by atoms with Crippen LogP contribution in [-0.4, -0.2) is 35.3 Å². The maximum absolute atomic E-state index is 13.1. The molecule has 4 rings (SSSR count). The fourth-order valence-electron chi connectivity index (χ4n) is 3.12. The van der Waals surface area contributed by atoms with Crippen LogP contribution >= 0.6 is 22.9 Å². The number of amides is 1. The molecule has 0 spiro atoms. The van der Waals surface area contributed by atoms with Gasteiger partial charge in [-0.1, -0.05) is 34.9 Å². The van der Waals surface area contributed by atoms with Gasteiger partial charge in [-0.3, -0.25) is 15.1 Å². The molecule has 2 aromatic heterocycles. The van der Waals surface area contributed by atoms with Crippen LogP contribution in [0.5, 0.6) is 16.7 Å². The molecule has 8 nitrogen and oxygen atoms in total. The molecule has 0 saturated heterocycles. The van der Waals surface area contributed by atoms with Gasteiger partial charge in [0, 0.05) is 23.0 Å². The number of methoxy groups -OCH3 is 2. The zero-order valence-corrected chi connectivity index (χ0v) is 19.3. The number of nitrogens with zero attached hydrogens (tertiary/aromatic N) is 3. The van der Waals surface area contributed by atoms with E-state index < -0.39 is 5.91 Å².